The number of halogens is 1. The SMILES string of the molecule is CCCC1CCC(C2CCC(OC(=O)c3ccc(F)cc3)CC2)CC1. The third kappa shape index (κ3) is 5.05. The summed E-state index contributed by atoms with van der Waals surface area (Å²) in [5.41, 5.74) is 0.442. The lowest BCUT2D eigenvalue weighted by molar-refractivity contribution is 0.0109. The normalized spacial score (nSPS) is 30.0. The van der Waals surface area contributed by atoms with Gasteiger partial charge in [0.25, 0.3) is 0 Å². The van der Waals surface area contributed by atoms with Crippen molar-refractivity contribution < 1.29 is 13.9 Å². The maximum atomic E-state index is 12.9. The summed E-state index contributed by atoms with van der Waals surface area (Å²) in [7, 11) is 0. The molecule has 2 aliphatic rings. The van der Waals surface area contributed by atoms with Crippen LogP contribution in [-0.4, -0.2) is 12.1 Å². The molecule has 138 valence electrons. The summed E-state index contributed by atoms with van der Waals surface area (Å²) in [6.07, 6.45) is 12.7. The predicted molar refractivity (Wildman–Crippen MR) is 97.9 cm³/mol. The molecule has 0 spiro atoms. The Morgan fingerprint density at radius 2 is 1.52 bits per heavy atom. The summed E-state index contributed by atoms with van der Waals surface area (Å²) >= 11 is 0. The summed E-state index contributed by atoms with van der Waals surface area (Å²) < 4.78 is 18.6. The topological polar surface area (TPSA) is 26.3 Å². The second kappa shape index (κ2) is 8.82. The van der Waals surface area contributed by atoms with Crippen molar-refractivity contribution in [2.45, 2.75) is 77.2 Å². The van der Waals surface area contributed by atoms with E-state index in [4.69, 9.17) is 4.74 Å². The van der Waals surface area contributed by atoms with Crippen molar-refractivity contribution in [2.24, 2.45) is 17.8 Å². The van der Waals surface area contributed by atoms with Crippen LogP contribution in [0.5, 0.6) is 0 Å². The van der Waals surface area contributed by atoms with Gasteiger partial charge in [0.15, 0.2) is 0 Å². The maximum absolute atomic E-state index is 12.9. The second-order valence-corrected chi connectivity index (χ2v) is 8.02. The third-order valence-corrected chi connectivity index (χ3v) is 6.33. The van der Waals surface area contributed by atoms with Gasteiger partial charge in [-0.2, -0.15) is 0 Å². The first-order valence-corrected chi connectivity index (χ1v) is 10.1. The minimum Gasteiger partial charge on any atom is -0.459 e. The van der Waals surface area contributed by atoms with Crippen molar-refractivity contribution in [3.63, 3.8) is 0 Å². The van der Waals surface area contributed by atoms with Gasteiger partial charge in [-0.3, -0.25) is 0 Å². The van der Waals surface area contributed by atoms with E-state index in [0.717, 1.165) is 30.6 Å². The predicted octanol–water partition coefficient (Wildman–Crippen LogP) is 6.15. The molecule has 2 nitrogen and oxygen atoms in total. The van der Waals surface area contributed by atoms with Crippen molar-refractivity contribution in [3.8, 4) is 0 Å². The molecular weight excluding hydrogens is 315 g/mol. The number of hydrogen-bond acceptors (Lipinski definition) is 2. The number of esters is 1. The smallest absolute Gasteiger partial charge is 0.338 e. The van der Waals surface area contributed by atoms with Crippen molar-refractivity contribution >= 4 is 5.97 Å². The van der Waals surface area contributed by atoms with Crippen LogP contribution in [0.2, 0.25) is 0 Å². The Morgan fingerprint density at radius 3 is 2.08 bits per heavy atom. The van der Waals surface area contributed by atoms with Crippen LogP contribution in [0.4, 0.5) is 4.39 Å². The Bertz CT molecular complexity index is 538. The lowest BCUT2D eigenvalue weighted by Gasteiger charge is -2.37. The Hall–Kier alpha value is -1.38. The zero-order chi connectivity index (χ0) is 17.6. The highest BCUT2D eigenvalue weighted by Crippen LogP contribution is 2.41. The minimum absolute atomic E-state index is 0.0326. The average molecular weight is 346 g/mol. The number of benzene rings is 1. The van der Waals surface area contributed by atoms with Crippen LogP contribution >= 0.6 is 0 Å². The summed E-state index contributed by atoms with van der Waals surface area (Å²) in [6.45, 7) is 2.29. The molecule has 0 unspecified atom stereocenters. The highest BCUT2D eigenvalue weighted by Gasteiger charge is 2.31. The van der Waals surface area contributed by atoms with Crippen LogP contribution in [0.25, 0.3) is 0 Å². The molecule has 0 aliphatic heterocycles. The lowest BCUT2D eigenvalue weighted by atomic mass is 9.70. The molecule has 1 aromatic rings. The standard InChI is InChI=1S/C22H31FO2/c1-2-3-16-4-6-17(7-5-16)18-10-14-21(15-11-18)25-22(24)19-8-12-20(23)13-9-19/h8-9,12-13,16-18,21H,2-7,10-11,14-15H2,1H3. The van der Waals surface area contributed by atoms with Crippen molar-refractivity contribution in [3.05, 3.63) is 35.6 Å². The number of ether oxygens (including phenoxy) is 1. The highest BCUT2D eigenvalue weighted by atomic mass is 19.1. The highest BCUT2D eigenvalue weighted by molar-refractivity contribution is 5.89. The molecule has 25 heavy (non-hydrogen) atoms. The molecule has 1 aromatic carbocycles. The van der Waals surface area contributed by atoms with E-state index in [-0.39, 0.29) is 17.9 Å². The molecule has 3 heteroatoms. The van der Waals surface area contributed by atoms with Gasteiger partial charge in [-0.1, -0.05) is 32.6 Å². The van der Waals surface area contributed by atoms with Crippen molar-refractivity contribution in [2.75, 3.05) is 0 Å². The fourth-order valence-corrected chi connectivity index (χ4v) is 4.84. The van der Waals surface area contributed by atoms with E-state index in [1.165, 1.54) is 75.6 Å². The van der Waals surface area contributed by atoms with E-state index in [0.29, 0.717) is 5.56 Å². The van der Waals surface area contributed by atoms with E-state index in [1.807, 2.05) is 0 Å². The molecule has 2 aliphatic carbocycles. The maximum Gasteiger partial charge on any atom is 0.338 e. The fourth-order valence-electron chi connectivity index (χ4n) is 4.84. The Morgan fingerprint density at radius 1 is 0.960 bits per heavy atom. The quantitative estimate of drug-likeness (QED) is 0.598. The number of rotatable bonds is 5. The molecule has 2 saturated carbocycles. The summed E-state index contributed by atoms with van der Waals surface area (Å²) in [6, 6.07) is 5.61. The van der Waals surface area contributed by atoms with Gasteiger partial charge in [0.2, 0.25) is 0 Å². The molecule has 0 N–H and O–H groups in total. The van der Waals surface area contributed by atoms with Crippen LogP contribution in [0.3, 0.4) is 0 Å². The van der Waals surface area contributed by atoms with Crippen LogP contribution < -0.4 is 0 Å². The monoisotopic (exact) mass is 346 g/mol. The van der Waals surface area contributed by atoms with Crippen LogP contribution in [0.1, 0.15) is 81.5 Å². The first kappa shape index (κ1) is 18.4. The summed E-state index contributed by atoms with van der Waals surface area (Å²) in [5, 5.41) is 0. The number of hydrogen-bond donors (Lipinski definition) is 0. The molecule has 0 amide bonds. The molecule has 0 aromatic heterocycles. The van der Waals surface area contributed by atoms with E-state index < -0.39 is 0 Å². The second-order valence-electron chi connectivity index (χ2n) is 8.02. The van der Waals surface area contributed by atoms with Crippen LogP contribution in [0.15, 0.2) is 24.3 Å². The first-order chi connectivity index (χ1) is 12.2. The third-order valence-electron chi connectivity index (χ3n) is 6.33. The van der Waals surface area contributed by atoms with Gasteiger partial charge in [0.05, 0.1) is 5.56 Å². The van der Waals surface area contributed by atoms with Gasteiger partial charge < -0.3 is 4.74 Å². The molecule has 0 heterocycles. The van der Waals surface area contributed by atoms with Gasteiger partial charge >= 0.3 is 5.97 Å². The molecule has 0 saturated heterocycles. The fraction of sp³-hybridized carbons (Fsp3) is 0.682. The first-order valence-electron chi connectivity index (χ1n) is 10.1. The van der Waals surface area contributed by atoms with E-state index in [2.05, 4.69) is 6.92 Å². The average Bonchev–Trinajstić information content (AvgIpc) is 2.64. The van der Waals surface area contributed by atoms with Gasteiger partial charge in [-0.25, -0.2) is 9.18 Å². The molecular formula is C22H31FO2. The number of carbonyl (C=O) groups excluding carboxylic acids is 1. The molecule has 0 bridgehead atoms. The minimum atomic E-state index is -0.328. The van der Waals surface area contributed by atoms with Gasteiger partial charge in [-0.15, -0.1) is 0 Å². The zero-order valence-electron chi connectivity index (χ0n) is 15.4. The summed E-state index contributed by atoms with van der Waals surface area (Å²) in [5.74, 6) is 2.04. The Kier molecular flexibility index (Phi) is 6.50. The lowest BCUT2D eigenvalue weighted by Crippen LogP contribution is -2.29. The summed E-state index contributed by atoms with van der Waals surface area (Å²) in [4.78, 5) is 12.2. The van der Waals surface area contributed by atoms with E-state index in [1.54, 1.807) is 0 Å². The van der Waals surface area contributed by atoms with E-state index >= 15 is 0 Å². The molecule has 3 rings (SSSR count). The Balaban J connectivity index is 1.41. The Labute approximate surface area is 151 Å². The van der Waals surface area contributed by atoms with E-state index in [9.17, 15) is 9.18 Å². The van der Waals surface area contributed by atoms with Gasteiger partial charge in [0.1, 0.15) is 11.9 Å². The van der Waals surface area contributed by atoms with Crippen molar-refractivity contribution in [1.29, 1.82) is 0 Å². The van der Waals surface area contributed by atoms with Gasteiger partial charge in [-0.05, 0) is 80.5 Å². The van der Waals surface area contributed by atoms with Crippen LogP contribution in [0, 0.1) is 23.6 Å². The molecule has 2 fully saturated rings. The van der Waals surface area contributed by atoms with Crippen LogP contribution in [-0.2, 0) is 4.74 Å². The largest absolute Gasteiger partial charge is 0.459 e. The van der Waals surface area contributed by atoms with Crippen molar-refractivity contribution in [1.82, 2.24) is 0 Å². The number of carbonyl (C=O) groups is 1. The molecule has 0 atom stereocenters. The zero-order valence-corrected chi connectivity index (χ0v) is 15.4. The van der Waals surface area contributed by atoms with Gasteiger partial charge in [0, 0.05) is 0 Å². The molecule has 0 radical (unpaired) electrons.